The molecule has 1 saturated heterocycles. The number of aryl methyl sites for hydroxylation is 1. The Balaban J connectivity index is 0.00000288. The van der Waals surface area contributed by atoms with E-state index in [2.05, 4.69) is 10.0 Å². The number of sulfonamides is 2. The first kappa shape index (κ1) is 21.3. The molecule has 0 bridgehead atoms. The maximum Gasteiger partial charge on any atom is 0.243 e. The van der Waals surface area contributed by atoms with Crippen LogP contribution in [0.15, 0.2) is 28.0 Å². The molecule has 1 aromatic carbocycles. The molecular weight excluding hydrogens is 374 g/mol. The summed E-state index contributed by atoms with van der Waals surface area (Å²) in [4.78, 5) is 0.222. The number of rotatable bonds is 6. The van der Waals surface area contributed by atoms with Crippen molar-refractivity contribution in [3.05, 3.63) is 23.8 Å². The van der Waals surface area contributed by atoms with Crippen LogP contribution in [0.25, 0.3) is 0 Å². The zero-order valence-corrected chi connectivity index (χ0v) is 16.4. The summed E-state index contributed by atoms with van der Waals surface area (Å²) in [7, 11) is -4.10. The lowest BCUT2D eigenvalue weighted by molar-refractivity contribution is 0.379. The second kappa shape index (κ2) is 8.11. The predicted octanol–water partition coefficient (Wildman–Crippen LogP) is 0.697. The third-order valence-corrected chi connectivity index (χ3v) is 7.60. The molecule has 7 nitrogen and oxygen atoms in total. The lowest BCUT2D eigenvalue weighted by atomic mass is 10.2. The highest BCUT2D eigenvalue weighted by Gasteiger charge is 2.35. The van der Waals surface area contributed by atoms with Gasteiger partial charge in [-0.25, -0.2) is 21.6 Å². The molecule has 1 unspecified atom stereocenters. The van der Waals surface area contributed by atoms with Gasteiger partial charge >= 0.3 is 0 Å². The standard InChI is InChI=1S/C14H23N3O4S2.ClH/c1-11-9-13(6-7-14(11)22(18,19)16-3)23(20,21)17-8-4-5-12(17)10-15-2;/h6-7,9,12,15-16H,4-5,8,10H2,1-3H3;1H. The van der Waals surface area contributed by atoms with Gasteiger partial charge in [0.15, 0.2) is 0 Å². The lowest BCUT2D eigenvalue weighted by Crippen LogP contribution is -2.40. The van der Waals surface area contributed by atoms with E-state index >= 15 is 0 Å². The fourth-order valence-electron chi connectivity index (χ4n) is 2.89. The van der Waals surface area contributed by atoms with Crippen LogP contribution in [0, 0.1) is 6.92 Å². The van der Waals surface area contributed by atoms with Crippen molar-refractivity contribution in [3.63, 3.8) is 0 Å². The maximum atomic E-state index is 12.8. The number of hydrogen-bond acceptors (Lipinski definition) is 5. The van der Waals surface area contributed by atoms with E-state index in [1.807, 2.05) is 0 Å². The summed E-state index contributed by atoms with van der Waals surface area (Å²) in [5.41, 5.74) is 0.407. The molecule has 0 saturated carbocycles. The molecule has 1 aliphatic rings. The minimum atomic E-state index is -3.62. The van der Waals surface area contributed by atoms with Gasteiger partial charge in [-0.05, 0) is 57.6 Å². The zero-order valence-electron chi connectivity index (χ0n) is 13.9. The quantitative estimate of drug-likeness (QED) is 0.736. The van der Waals surface area contributed by atoms with Crippen LogP contribution in [0.5, 0.6) is 0 Å². The molecule has 0 spiro atoms. The molecule has 0 aliphatic carbocycles. The smallest absolute Gasteiger partial charge is 0.243 e. The van der Waals surface area contributed by atoms with Crippen molar-refractivity contribution in [3.8, 4) is 0 Å². The number of benzene rings is 1. The van der Waals surface area contributed by atoms with Gasteiger partial charge in [0.25, 0.3) is 0 Å². The fourth-order valence-corrected chi connectivity index (χ4v) is 5.62. The lowest BCUT2D eigenvalue weighted by Gasteiger charge is -2.24. The van der Waals surface area contributed by atoms with E-state index in [-0.39, 0.29) is 28.2 Å². The summed E-state index contributed by atoms with van der Waals surface area (Å²) < 4.78 is 53.2. The molecule has 0 radical (unpaired) electrons. The molecule has 24 heavy (non-hydrogen) atoms. The summed E-state index contributed by atoms with van der Waals surface area (Å²) >= 11 is 0. The molecule has 1 aliphatic heterocycles. The summed E-state index contributed by atoms with van der Waals surface area (Å²) in [5, 5.41) is 3.02. The van der Waals surface area contributed by atoms with E-state index < -0.39 is 20.0 Å². The first-order chi connectivity index (χ1) is 10.7. The molecular formula is C14H24ClN3O4S2. The van der Waals surface area contributed by atoms with Crippen molar-refractivity contribution in [1.29, 1.82) is 0 Å². The number of nitrogens with zero attached hydrogens (tertiary/aromatic N) is 1. The summed E-state index contributed by atoms with van der Waals surface area (Å²) in [5.74, 6) is 0. The highest BCUT2D eigenvalue weighted by Crippen LogP contribution is 2.27. The molecule has 2 N–H and O–H groups in total. The van der Waals surface area contributed by atoms with Crippen molar-refractivity contribution >= 4 is 32.5 Å². The van der Waals surface area contributed by atoms with Gasteiger partial charge in [-0.1, -0.05) is 0 Å². The van der Waals surface area contributed by atoms with E-state index in [1.54, 1.807) is 14.0 Å². The van der Waals surface area contributed by atoms with Gasteiger partial charge in [0.1, 0.15) is 0 Å². The van der Waals surface area contributed by atoms with Crippen molar-refractivity contribution in [2.45, 2.75) is 35.6 Å². The van der Waals surface area contributed by atoms with Crippen LogP contribution in [-0.4, -0.2) is 54.4 Å². The van der Waals surface area contributed by atoms with E-state index in [9.17, 15) is 16.8 Å². The second-order valence-electron chi connectivity index (χ2n) is 5.60. The molecule has 1 fully saturated rings. The fraction of sp³-hybridized carbons (Fsp3) is 0.571. The molecule has 10 heteroatoms. The van der Waals surface area contributed by atoms with Gasteiger partial charge in [0, 0.05) is 19.1 Å². The topological polar surface area (TPSA) is 95.6 Å². The van der Waals surface area contributed by atoms with E-state index in [4.69, 9.17) is 0 Å². The maximum absolute atomic E-state index is 12.8. The van der Waals surface area contributed by atoms with Crippen molar-refractivity contribution in [1.82, 2.24) is 14.3 Å². The Morgan fingerprint density at radius 2 is 1.88 bits per heavy atom. The van der Waals surface area contributed by atoms with E-state index in [0.717, 1.165) is 12.8 Å². The zero-order chi connectivity index (χ0) is 17.3. The molecule has 1 heterocycles. The molecule has 0 aromatic heterocycles. The first-order valence-corrected chi connectivity index (χ1v) is 10.4. The number of halogens is 1. The van der Waals surface area contributed by atoms with Crippen LogP contribution in [-0.2, 0) is 20.0 Å². The van der Waals surface area contributed by atoms with Gasteiger partial charge in [-0.2, -0.15) is 4.31 Å². The predicted molar refractivity (Wildman–Crippen MR) is 95.5 cm³/mol. The average molecular weight is 398 g/mol. The molecule has 2 rings (SSSR count). The number of likely N-dealkylation sites (N-methyl/N-ethyl adjacent to an activating group) is 1. The molecule has 0 amide bonds. The highest BCUT2D eigenvalue weighted by molar-refractivity contribution is 7.89. The van der Waals surface area contributed by atoms with Crippen molar-refractivity contribution in [2.75, 3.05) is 27.2 Å². The van der Waals surface area contributed by atoms with E-state index in [1.165, 1.54) is 29.6 Å². The largest absolute Gasteiger partial charge is 0.318 e. The Hall–Kier alpha value is -0.710. The van der Waals surface area contributed by atoms with Crippen LogP contribution >= 0.6 is 12.4 Å². The summed E-state index contributed by atoms with van der Waals surface area (Å²) in [6, 6.07) is 4.07. The van der Waals surface area contributed by atoms with E-state index in [0.29, 0.717) is 18.7 Å². The number of nitrogens with one attached hydrogen (secondary N) is 2. The van der Waals surface area contributed by atoms with Gasteiger partial charge < -0.3 is 5.32 Å². The number of hydrogen-bond donors (Lipinski definition) is 2. The Bertz CT molecular complexity index is 781. The summed E-state index contributed by atoms with van der Waals surface area (Å²) in [6.07, 6.45) is 1.65. The van der Waals surface area contributed by atoms with Gasteiger partial charge in [0.2, 0.25) is 20.0 Å². The Morgan fingerprint density at radius 1 is 1.21 bits per heavy atom. The SMILES string of the molecule is CNCC1CCCN1S(=O)(=O)c1ccc(S(=O)(=O)NC)c(C)c1.Cl. The molecule has 138 valence electrons. The minimum absolute atomic E-state index is 0. The third-order valence-electron chi connectivity index (χ3n) is 4.07. The van der Waals surface area contributed by atoms with Crippen LogP contribution in [0.3, 0.4) is 0 Å². The van der Waals surface area contributed by atoms with Crippen LogP contribution < -0.4 is 10.0 Å². The van der Waals surface area contributed by atoms with Gasteiger partial charge in [-0.15, -0.1) is 12.4 Å². The molecule has 1 aromatic rings. The second-order valence-corrected chi connectivity index (χ2v) is 9.35. The van der Waals surface area contributed by atoms with Crippen LogP contribution in [0.1, 0.15) is 18.4 Å². The monoisotopic (exact) mass is 397 g/mol. The Kier molecular flexibility index (Phi) is 7.21. The Morgan fingerprint density at radius 3 is 2.42 bits per heavy atom. The third kappa shape index (κ3) is 4.09. The van der Waals surface area contributed by atoms with Crippen molar-refractivity contribution < 1.29 is 16.8 Å². The van der Waals surface area contributed by atoms with Crippen LogP contribution in [0.2, 0.25) is 0 Å². The average Bonchev–Trinajstić information content (AvgIpc) is 2.96. The summed E-state index contributed by atoms with van der Waals surface area (Å²) in [6.45, 7) is 2.69. The Labute approximate surface area is 150 Å². The normalized spacial score (nSPS) is 19.2. The van der Waals surface area contributed by atoms with Gasteiger partial charge in [0.05, 0.1) is 9.79 Å². The first-order valence-electron chi connectivity index (χ1n) is 7.44. The van der Waals surface area contributed by atoms with Crippen molar-refractivity contribution in [2.24, 2.45) is 0 Å². The van der Waals surface area contributed by atoms with Crippen LogP contribution in [0.4, 0.5) is 0 Å². The highest BCUT2D eigenvalue weighted by atomic mass is 35.5. The van der Waals surface area contributed by atoms with Gasteiger partial charge in [-0.3, -0.25) is 0 Å². The molecule has 1 atom stereocenters. The minimum Gasteiger partial charge on any atom is -0.318 e.